The number of rotatable bonds is 4. The van der Waals surface area contributed by atoms with Gasteiger partial charge in [0.05, 0.1) is 5.52 Å². The van der Waals surface area contributed by atoms with Crippen LogP contribution in [0.2, 0.25) is 0 Å². The van der Waals surface area contributed by atoms with Gasteiger partial charge in [0, 0.05) is 54.1 Å². The minimum Gasteiger partial charge on any atom is -0.329 e. The Balaban J connectivity index is 1.50. The Kier molecular flexibility index (Phi) is 4.87. The van der Waals surface area contributed by atoms with Gasteiger partial charge in [-0.3, -0.25) is 4.98 Å². The zero-order valence-corrected chi connectivity index (χ0v) is 18.4. The topological polar surface area (TPSA) is 68.1 Å². The van der Waals surface area contributed by atoms with Crippen LogP contribution in [0.5, 0.6) is 0 Å². The molecule has 5 rings (SSSR count). The predicted molar refractivity (Wildman–Crippen MR) is 123 cm³/mol. The third-order valence-corrected chi connectivity index (χ3v) is 7.77. The van der Waals surface area contributed by atoms with Crippen molar-refractivity contribution in [3.63, 3.8) is 0 Å². The van der Waals surface area contributed by atoms with Crippen LogP contribution < -0.4 is 0 Å². The molecule has 7 heteroatoms. The minimum atomic E-state index is -3.64. The van der Waals surface area contributed by atoms with Gasteiger partial charge in [0.1, 0.15) is 10.5 Å². The van der Waals surface area contributed by atoms with Crippen molar-refractivity contribution in [3.8, 4) is 0 Å². The Hall–Kier alpha value is -3.03. The quantitative estimate of drug-likeness (QED) is 0.471. The van der Waals surface area contributed by atoms with Crippen molar-refractivity contribution in [3.05, 3.63) is 72.7 Å². The van der Waals surface area contributed by atoms with Crippen LogP contribution in [0.3, 0.4) is 0 Å². The highest BCUT2D eigenvalue weighted by molar-refractivity contribution is 7.89. The van der Waals surface area contributed by atoms with E-state index in [2.05, 4.69) is 40.6 Å². The number of benzene rings is 1. The molecule has 0 unspecified atom stereocenters. The Bertz CT molecular complexity index is 1410. The van der Waals surface area contributed by atoms with E-state index < -0.39 is 10.0 Å². The molecule has 0 spiro atoms. The van der Waals surface area contributed by atoms with E-state index in [1.54, 1.807) is 22.6 Å². The fourth-order valence-electron chi connectivity index (χ4n) is 4.27. The number of nitrogens with zero attached hydrogens (tertiary/aromatic N) is 4. The van der Waals surface area contributed by atoms with E-state index >= 15 is 0 Å². The Morgan fingerprint density at radius 2 is 1.77 bits per heavy atom. The second-order valence-electron chi connectivity index (χ2n) is 8.09. The Morgan fingerprint density at radius 1 is 1.00 bits per heavy atom. The van der Waals surface area contributed by atoms with Crippen LogP contribution in [-0.2, 0) is 10.0 Å². The van der Waals surface area contributed by atoms with Gasteiger partial charge in [-0.15, -0.1) is 0 Å². The van der Waals surface area contributed by atoms with Crippen LogP contribution in [0.15, 0.2) is 72.0 Å². The van der Waals surface area contributed by atoms with Gasteiger partial charge >= 0.3 is 0 Å². The Labute approximate surface area is 181 Å². The van der Waals surface area contributed by atoms with Crippen molar-refractivity contribution in [2.24, 2.45) is 0 Å². The number of aromatic nitrogens is 3. The molecule has 3 aromatic heterocycles. The zero-order valence-electron chi connectivity index (χ0n) is 17.6. The molecule has 4 heterocycles. The van der Waals surface area contributed by atoms with Crippen LogP contribution >= 0.6 is 0 Å². The van der Waals surface area contributed by atoms with Gasteiger partial charge in [-0.1, -0.05) is 24.3 Å². The smallest absolute Gasteiger partial charge is 0.245 e. The van der Waals surface area contributed by atoms with Gasteiger partial charge in [0.15, 0.2) is 0 Å². The summed E-state index contributed by atoms with van der Waals surface area (Å²) < 4.78 is 30.5. The van der Waals surface area contributed by atoms with E-state index in [1.807, 2.05) is 36.5 Å². The summed E-state index contributed by atoms with van der Waals surface area (Å²) in [6.07, 6.45) is 8.28. The highest BCUT2D eigenvalue weighted by atomic mass is 32.2. The molecule has 0 saturated heterocycles. The molecule has 0 atom stereocenters. The molecule has 0 saturated carbocycles. The number of pyridine rings is 2. The minimum absolute atomic E-state index is 0.267. The molecule has 0 bridgehead atoms. The number of sulfonamides is 1. The summed E-state index contributed by atoms with van der Waals surface area (Å²) in [6.45, 7) is 5.06. The van der Waals surface area contributed by atoms with Gasteiger partial charge in [-0.05, 0) is 50.1 Å². The largest absolute Gasteiger partial charge is 0.329 e. The van der Waals surface area contributed by atoms with E-state index in [1.165, 1.54) is 5.57 Å². The van der Waals surface area contributed by atoms with Crippen molar-refractivity contribution in [1.29, 1.82) is 0 Å². The summed E-state index contributed by atoms with van der Waals surface area (Å²) in [5.41, 5.74) is 3.79. The third kappa shape index (κ3) is 3.34. The summed E-state index contributed by atoms with van der Waals surface area (Å²) in [7, 11) is -3.64. The first-order valence-electron chi connectivity index (χ1n) is 10.5. The fraction of sp³-hybridized carbons (Fsp3) is 0.250. The van der Waals surface area contributed by atoms with Crippen molar-refractivity contribution in [1.82, 2.24) is 18.8 Å². The van der Waals surface area contributed by atoms with E-state index in [0.717, 1.165) is 22.0 Å². The molecule has 0 N–H and O–H groups in total. The van der Waals surface area contributed by atoms with E-state index in [4.69, 9.17) is 0 Å². The SMILES string of the molecule is CC(C)n1cc(C2=CCN(S(=O)(=O)c3cccc4cccnc34)CC2)c2cccnc21. The standard InChI is InChI=1S/C24H24N4O2S/c1-17(2)28-16-21(20-8-5-13-26-24(20)28)18-10-14-27(15-11-18)31(29,30)22-9-3-6-19-7-4-12-25-23(19)22/h3-10,12-13,16-17H,11,14-15H2,1-2H3. The van der Waals surface area contributed by atoms with Crippen molar-refractivity contribution in [2.45, 2.75) is 31.2 Å². The highest BCUT2D eigenvalue weighted by Crippen LogP contribution is 2.33. The molecule has 0 aliphatic carbocycles. The predicted octanol–water partition coefficient (Wildman–Crippen LogP) is 4.64. The summed E-state index contributed by atoms with van der Waals surface area (Å²) >= 11 is 0. The molecule has 6 nitrogen and oxygen atoms in total. The first kappa shape index (κ1) is 19.9. The molecule has 0 amide bonds. The average Bonchev–Trinajstić information content (AvgIpc) is 3.19. The molecule has 31 heavy (non-hydrogen) atoms. The molecule has 0 fully saturated rings. The van der Waals surface area contributed by atoms with Crippen LogP contribution in [0.25, 0.3) is 27.5 Å². The molecule has 158 valence electrons. The van der Waals surface area contributed by atoms with Crippen LogP contribution in [0, 0.1) is 0 Å². The summed E-state index contributed by atoms with van der Waals surface area (Å²) in [5.74, 6) is 0. The lowest BCUT2D eigenvalue weighted by molar-refractivity contribution is 0.442. The lowest BCUT2D eigenvalue weighted by Crippen LogP contribution is -2.34. The first-order valence-corrected chi connectivity index (χ1v) is 11.9. The maximum Gasteiger partial charge on any atom is 0.245 e. The second kappa shape index (κ2) is 7.59. The van der Waals surface area contributed by atoms with Crippen molar-refractivity contribution >= 4 is 37.5 Å². The van der Waals surface area contributed by atoms with Gasteiger partial charge in [0.2, 0.25) is 10.0 Å². The molecule has 4 aromatic rings. The number of hydrogen-bond acceptors (Lipinski definition) is 4. The van der Waals surface area contributed by atoms with E-state index in [9.17, 15) is 8.42 Å². The number of hydrogen-bond donors (Lipinski definition) is 0. The number of para-hydroxylation sites is 1. The summed E-state index contributed by atoms with van der Waals surface area (Å²) in [5, 5.41) is 1.93. The third-order valence-electron chi connectivity index (χ3n) is 5.88. The highest BCUT2D eigenvalue weighted by Gasteiger charge is 2.29. The maximum absolute atomic E-state index is 13.4. The average molecular weight is 433 g/mol. The van der Waals surface area contributed by atoms with Crippen LogP contribution in [0.1, 0.15) is 31.9 Å². The molecule has 0 radical (unpaired) electrons. The summed E-state index contributed by atoms with van der Waals surface area (Å²) in [4.78, 5) is 9.16. The number of fused-ring (bicyclic) bond motifs is 2. The van der Waals surface area contributed by atoms with E-state index in [0.29, 0.717) is 31.1 Å². The van der Waals surface area contributed by atoms with Gasteiger partial charge < -0.3 is 4.57 Å². The normalized spacial score (nSPS) is 15.6. The fourth-order valence-corrected chi connectivity index (χ4v) is 5.82. The summed E-state index contributed by atoms with van der Waals surface area (Å²) in [6, 6.07) is 13.3. The molecule has 1 aliphatic heterocycles. The monoisotopic (exact) mass is 432 g/mol. The van der Waals surface area contributed by atoms with Crippen LogP contribution in [0.4, 0.5) is 0 Å². The van der Waals surface area contributed by atoms with Gasteiger partial charge in [0.25, 0.3) is 0 Å². The second-order valence-corrected chi connectivity index (χ2v) is 10.00. The van der Waals surface area contributed by atoms with Gasteiger partial charge in [-0.25, -0.2) is 13.4 Å². The molecule has 1 aromatic carbocycles. The molecule has 1 aliphatic rings. The van der Waals surface area contributed by atoms with Crippen molar-refractivity contribution in [2.75, 3.05) is 13.1 Å². The Morgan fingerprint density at radius 3 is 2.55 bits per heavy atom. The zero-order chi connectivity index (χ0) is 21.6. The first-order chi connectivity index (χ1) is 15.0. The van der Waals surface area contributed by atoms with Crippen molar-refractivity contribution < 1.29 is 8.42 Å². The maximum atomic E-state index is 13.4. The molecular weight excluding hydrogens is 408 g/mol. The van der Waals surface area contributed by atoms with Gasteiger partial charge in [-0.2, -0.15) is 4.31 Å². The van der Waals surface area contributed by atoms with E-state index in [-0.39, 0.29) is 4.90 Å². The molecular formula is C24H24N4O2S. The lowest BCUT2D eigenvalue weighted by Gasteiger charge is -2.26. The lowest BCUT2D eigenvalue weighted by atomic mass is 10.0. The van der Waals surface area contributed by atoms with Crippen LogP contribution in [-0.4, -0.2) is 40.3 Å².